The van der Waals surface area contributed by atoms with Crippen LogP contribution in [0.2, 0.25) is 0 Å². The standard InChI is InChI=1S/C22H17FN2/c1-15-6-2-4-8-19(15)24-21-14-17-7-3-5-9-20(17)25-22(21)16-10-12-18(23)13-11-16/h2-14,24H,1H3. The van der Waals surface area contributed by atoms with E-state index in [4.69, 9.17) is 4.98 Å². The van der Waals surface area contributed by atoms with Crippen LogP contribution in [0.25, 0.3) is 22.2 Å². The van der Waals surface area contributed by atoms with Crippen molar-refractivity contribution in [1.82, 2.24) is 4.98 Å². The van der Waals surface area contributed by atoms with Gasteiger partial charge in [-0.05, 0) is 55.0 Å². The highest BCUT2D eigenvalue weighted by Crippen LogP contribution is 2.32. The van der Waals surface area contributed by atoms with Gasteiger partial charge in [-0.2, -0.15) is 0 Å². The predicted octanol–water partition coefficient (Wildman–Crippen LogP) is 6.09. The number of aromatic nitrogens is 1. The van der Waals surface area contributed by atoms with Gasteiger partial charge in [0.15, 0.2) is 0 Å². The number of halogens is 1. The minimum atomic E-state index is -0.252. The number of para-hydroxylation sites is 2. The Bertz CT molecular complexity index is 1040. The molecule has 0 unspecified atom stereocenters. The van der Waals surface area contributed by atoms with E-state index >= 15 is 0 Å². The van der Waals surface area contributed by atoms with Crippen molar-refractivity contribution in [2.24, 2.45) is 0 Å². The van der Waals surface area contributed by atoms with E-state index in [-0.39, 0.29) is 5.82 Å². The summed E-state index contributed by atoms with van der Waals surface area (Å²) in [6, 6.07) is 24.7. The summed E-state index contributed by atoms with van der Waals surface area (Å²) < 4.78 is 13.3. The molecule has 3 aromatic carbocycles. The number of benzene rings is 3. The number of nitrogens with one attached hydrogen (secondary N) is 1. The summed E-state index contributed by atoms with van der Waals surface area (Å²) in [5.41, 5.74) is 5.69. The van der Waals surface area contributed by atoms with Crippen LogP contribution in [-0.4, -0.2) is 4.98 Å². The normalized spacial score (nSPS) is 10.8. The third kappa shape index (κ3) is 3.09. The second-order valence-corrected chi connectivity index (χ2v) is 6.02. The van der Waals surface area contributed by atoms with E-state index in [0.29, 0.717) is 0 Å². The lowest BCUT2D eigenvalue weighted by atomic mass is 10.1. The first-order chi connectivity index (χ1) is 12.2. The van der Waals surface area contributed by atoms with E-state index in [1.165, 1.54) is 12.1 Å². The van der Waals surface area contributed by atoms with E-state index in [1.807, 2.05) is 42.5 Å². The van der Waals surface area contributed by atoms with E-state index in [1.54, 1.807) is 12.1 Å². The molecule has 1 heterocycles. The Balaban J connectivity index is 1.89. The molecule has 2 nitrogen and oxygen atoms in total. The summed E-state index contributed by atoms with van der Waals surface area (Å²) in [6.45, 7) is 2.06. The Morgan fingerprint density at radius 3 is 2.32 bits per heavy atom. The fourth-order valence-corrected chi connectivity index (χ4v) is 2.90. The molecule has 0 aliphatic rings. The maximum atomic E-state index is 13.3. The lowest BCUT2D eigenvalue weighted by Gasteiger charge is -2.15. The maximum Gasteiger partial charge on any atom is 0.123 e. The van der Waals surface area contributed by atoms with Gasteiger partial charge in [-0.1, -0.05) is 36.4 Å². The molecule has 0 radical (unpaired) electrons. The summed E-state index contributed by atoms with van der Waals surface area (Å²) in [5.74, 6) is -0.252. The largest absolute Gasteiger partial charge is 0.354 e. The molecule has 0 bridgehead atoms. The van der Waals surface area contributed by atoms with E-state index < -0.39 is 0 Å². The van der Waals surface area contributed by atoms with Gasteiger partial charge in [0, 0.05) is 16.6 Å². The van der Waals surface area contributed by atoms with Gasteiger partial charge in [-0.25, -0.2) is 9.37 Å². The second kappa shape index (κ2) is 6.36. The van der Waals surface area contributed by atoms with Gasteiger partial charge >= 0.3 is 0 Å². The zero-order chi connectivity index (χ0) is 17.2. The van der Waals surface area contributed by atoms with Crippen molar-refractivity contribution < 1.29 is 4.39 Å². The first-order valence-corrected chi connectivity index (χ1v) is 8.19. The summed E-state index contributed by atoms with van der Waals surface area (Å²) in [6.07, 6.45) is 0. The van der Waals surface area contributed by atoms with Crippen LogP contribution in [0, 0.1) is 12.7 Å². The highest BCUT2D eigenvalue weighted by Gasteiger charge is 2.11. The van der Waals surface area contributed by atoms with Crippen molar-refractivity contribution in [1.29, 1.82) is 0 Å². The van der Waals surface area contributed by atoms with Crippen LogP contribution in [0.15, 0.2) is 78.9 Å². The average Bonchev–Trinajstić information content (AvgIpc) is 2.64. The number of fused-ring (bicyclic) bond motifs is 1. The molecule has 3 heteroatoms. The topological polar surface area (TPSA) is 24.9 Å². The van der Waals surface area contributed by atoms with Gasteiger partial charge in [0.1, 0.15) is 5.82 Å². The van der Waals surface area contributed by atoms with Crippen molar-refractivity contribution in [2.45, 2.75) is 6.92 Å². The predicted molar refractivity (Wildman–Crippen MR) is 102 cm³/mol. The van der Waals surface area contributed by atoms with E-state index in [0.717, 1.165) is 39.1 Å². The molecule has 4 aromatic rings. The third-order valence-corrected chi connectivity index (χ3v) is 4.26. The van der Waals surface area contributed by atoms with Gasteiger partial charge in [0.05, 0.1) is 16.9 Å². The molecular weight excluding hydrogens is 311 g/mol. The van der Waals surface area contributed by atoms with Gasteiger partial charge < -0.3 is 5.32 Å². The van der Waals surface area contributed by atoms with Gasteiger partial charge in [-0.3, -0.25) is 0 Å². The molecule has 1 aromatic heterocycles. The molecule has 0 saturated heterocycles. The minimum Gasteiger partial charge on any atom is -0.354 e. The third-order valence-electron chi connectivity index (χ3n) is 4.26. The molecular formula is C22H17FN2. The Morgan fingerprint density at radius 1 is 0.800 bits per heavy atom. The monoisotopic (exact) mass is 328 g/mol. The number of hydrogen-bond acceptors (Lipinski definition) is 2. The lowest BCUT2D eigenvalue weighted by Crippen LogP contribution is -1.98. The maximum absolute atomic E-state index is 13.3. The lowest BCUT2D eigenvalue weighted by molar-refractivity contribution is 0.628. The minimum absolute atomic E-state index is 0.252. The summed E-state index contributed by atoms with van der Waals surface area (Å²) in [7, 11) is 0. The van der Waals surface area contributed by atoms with Crippen LogP contribution < -0.4 is 5.32 Å². The average molecular weight is 328 g/mol. The molecule has 0 amide bonds. The van der Waals surface area contributed by atoms with Crippen molar-refractivity contribution >= 4 is 22.3 Å². The quantitative estimate of drug-likeness (QED) is 0.492. The molecule has 0 spiro atoms. The molecule has 4 rings (SSSR count). The zero-order valence-electron chi connectivity index (χ0n) is 13.8. The molecule has 0 saturated carbocycles. The fourth-order valence-electron chi connectivity index (χ4n) is 2.90. The SMILES string of the molecule is Cc1ccccc1Nc1cc2ccccc2nc1-c1ccc(F)cc1. The summed E-state index contributed by atoms with van der Waals surface area (Å²) in [5, 5.41) is 4.55. The number of aryl methyl sites for hydroxylation is 1. The van der Waals surface area contributed by atoms with Gasteiger partial charge in [0.25, 0.3) is 0 Å². The van der Waals surface area contributed by atoms with Crippen LogP contribution in [0.4, 0.5) is 15.8 Å². The number of nitrogens with zero attached hydrogens (tertiary/aromatic N) is 1. The first kappa shape index (κ1) is 15.3. The van der Waals surface area contributed by atoms with Crippen molar-refractivity contribution in [2.75, 3.05) is 5.32 Å². The van der Waals surface area contributed by atoms with Crippen molar-refractivity contribution in [3.05, 3.63) is 90.2 Å². The molecule has 25 heavy (non-hydrogen) atoms. The molecule has 0 aliphatic carbocycles. The number of pyridine rings is 1. The highest BCUT2D eigenvalue weighted by molar-refractivity contribution is 5.90. The van der Waals surface area contributed by atoms with E-state index in [9.17, 15) is 4.39 Å². The number of anilines is 2. The molecule has 1 N–H and O–H groups in total. The smallest absolute Gasteiger partial charge is 0.123 e. The molecule has 0 fully saturated rings. The Hall–Kier alpha value is -3.20. The van der Waals surface area contributed by atoms with Crippen molar-refractivity contribution in [3.8, 4) is 11.3 Å². The summed E-state index contributed by atoms with van der Waals surface area (Å²) in [4.78, 5) is 4.82. The van der Waals surface area contributed by atoms with Crippen LogP contribution in [-0.2, 0) is 0 Å². The molecule has 122 valence electrons. The molecule has 0 aliphatic heterocycles. The number of rotatable bonds is 3. The van der Waals surface area contributed by atoms with Crippen LogP contribution in [0.1, 0.15) is 5.56 Å². The van der Waals surface area contributed by atoms with E-state index in [2.05, 4.69) is 24.4 Å². The van der Waals surface area contributed by atoms with Gasteiger partial charge in [0.2, 0.25) is 0 Å². The fraction of sp³-hybridized carbons (Fsp3) is 0.0455. The summed E-state index contributed by atoms with van der Waals surface area (Å²) >= 11 is 0. The second-order valence-electron chi connectivity index (χ2n) is 6.02. The van der Waals surface area contributed by atoms with Gasteiger partial charge in [-0.15, -0.1) is 0 Å². The van der Waals surface area contributed by atoms with Crippen LogP contribution in [0.5, 0.6) is 0 Å². The highest BCUT2D eigenvalue weighted by atomic mass is 19.1. The van der Waals surface area contributed by atoms with Crippen molar-refractivity contribution in [3.63, 3.8) is 0 Å². The van der Waals surface area contributed by atoms with Crippen LogP contribution in [0.3, 0.4) is 0 Å². The zero-order valence-corrected chi connectivity index (χ0v) is 13.8. The Kier molecular flexibility index (Phi) is 3.90. The first-order valence-electron chi connectivity index (χ1n) is 8.19. The van der Waals surface area contributed by atoms with Crippen LogP contribution >= 0.6 is 0 Å². The number of hydrogen-bond donors (Lipinski definition) is 1. The Labute approximate surface area is 146 Å². The Morgan fingerprint density at radius 2 is 1.52 bits per heavy atom. The molecule has 0 atom stereocenters.